The first-order chi connectivity index (χ1) is 5.36. The molecule has 0 atom stereocenters. The topological polar surface area (TPSA) is 120 Å². The minimum atomic E-state index is -1.37. The van der Waals surface area contributed by atoms with E-state index < -0.39 is 30.7 Å². The summed E-state index contributed by atoms with van der Waals surface area (Å²) in [7, 11) is 0. The molecule has 0 aliphatic rings. The van der Waals surface area contributed by atoms with E-state index in [9.17, 15) is 19.8 Å². The third kappa shape index (κ3) is 67.4. The first-order valence-electron chi connectivity index (χ1n) is 2.93. The van der Waals surface area contributed by atoms with E-state index in [1.807, 2.05) is 0 Å². The number of rotatable bonds is 3. The van der Waals surface area contributed by atoms with Crippen molar-refractivity contribution in [1.29, 1.82) is 0 Å². The molecule has 0 aromatic rings. The molecular weight excluding hydrogens is 237 g/mol. The monoisotopic (exact) mass is 244 g/mol. The van der Waals surface area contributed by atoms with Gasteiger partial charge in [-0.1, -0.05) is 0 Å². The predicted molar refractivity (Wildman–Crippen MR) is 29.9 cm³/mol. The van der Waals surface area contributed by atoms with E-state index in [1.165, 1.54) is 0 Å². The van der Waals surface area contributed by atoms with Crippen molar-refractivity contribution in [2.45, 2.75) is 19.8 Å². The summed E-state index contributed by atoms with van der Waals surface area (Å²) in [5.74, 6) is -3.82. The predicted octanol–water partition coefficient (Wildman–Crippen LogP) is -13.0. The molecule has 0 rings (SSSR count). The van der Waals surface area contributed by atoms with Crippen LogP contribution >= 0.6 is 0 Å². The first-order valence-corrected chi connectivity index (χ1v) is 2.93. The Labute approximate surface area is 154 Å². The Bertz CT molecular complexity index is 166. The summed E-state index contributed by atoms with van der Waals surface area (Å²) < 4.78 is 0. The molecule has 0 spiro atoms. The van der Waals surface area contributed by atoms with E-state index in [2.05, 4.69) is 0 Å². The first kappa shape index (κ1) is 29.9. The van der Waals surface area contributed by atoms with Gasteiger partial charge in [-0.15, -0.1) is 0 Å². The minimum Gasteiger partial charge on any atom is -0.550 e. The van der Waals surface area contributed by atoms with Crippen molar-refractivity contribution in [3.8, 4) is 0 Å². The van der Waals surface area contributed by atoms with Crippen LogP contribution in [0.1, 0.15) is 19.8 Å². The molecule has 15 heavy (non-hydrogen) atoms. The van der Waals surface area contributed by atoms with Crippen LogP contribution in [0.25, 0.3) is 0 Å². The van der Waals surface area contributed by atoms with Gasteiger partial charge in [0.05, 0.1) is 0 Å². The molecule has 0 saturated carbocycles. The van der Waals surface area contributed by atoms with Gasteiger partial charge in [0.25, 0.3) is 0 Å². The normalized spacial score (nSPS) is 6.20. The smallest absolute Gasteiger partial charge is 0.550 e. The van der Waals surface area contributed by atoms with Crippen LogP contribution in [0, 0.1) is 0 Å². The van der Waals surface area contributed by atoms with E-state index >= 15 is 0 Å². The van der Waals surface area contributed by atoms with E-state index in [4.69, 9.17) is 9.90 Å². The third-order valence-electron chi connectivity index (χ3n) is 0.533. The molecule has 0 bridgehead atoms. The Morgan fingerprint density at radius 1 is 0.800 bits per heavy atom. The maximum Gasteiger partial charge on any atom is 1.00 e. The van der Waals surface area contributed by atoms with Crippen molar-refractivity contribution in [2.24, 2.45) is 0 Å². The Balaban J connectivity index is -0.0000000424. The van der Waals surface area contributed by atoms with Crippen molar-refractivity contribution in [3.63, 3.8) is 0 Å². The van der Waals surface area contributed by atoms with Gasteiger partial charge in [-0.3, -0.25) is 0 Å². The van der Waals surface area contributed by atoms with Crippen molar-refractivity contribution >= 4 is 17.9 Å². The van der Waals surface area contributed by atoms with Gasteiger partial charge in [0.15, 0.2) is 0 Å². The molecule has 0 unspecified atom stereocenters. The number of carbonyl (C=O) groups excluding carboxylic acids is 3. The van der Waals surface area contributed by atoms with Gasteiger partial charge in [-0.25, -0.2) is 0 Å². The van der Waals surface area contributed by atoms with Crippen LogP contribution in [-0.2, 0) is 14.4 Å². The molecule has 9 heteroatoms. The van der Waals surface area contributed by atoms with Gasteiger partial charge in [-0.05, 0) is 19.8 Å². The maximum atomic E-state index is 9.50. The largest absolute Gasteiger partial charge is 1.00 e. The molecule has 70 valence electrons. The van der Waals surface area contributed by atoms with Crippen molar-refractivity contribution in [3.05, 3.63) is 0 Å². The zero-order valence-corrected chi connectivity index (χ0v) is 15.4. The summed E-state index contributed by atoms with van der Waals surface area (Å²) in [6, 6.07) is 0. The summed E-state index contributed by atoms with van der Waals surface area (Å²) in [6.45, 7) is 0.972. The van der Waals surface area contributed by atoms with Crippen LogP contribution in [-0.4, -0.2) is 17.9 Å². The summed E-state index contributed by atoms with van der Waals surface area (Å²) in [5.41, 5.74) is 0. The minimum absolute atomic E-state index is 0. The molecule has 6 nitrogen and oxygen atoms in total. The molecule has 0 aliphatic carbocycles. The van der Waals surface area contributed by atoms with Crippen LogP contribution < -0.4 is 104 Å². The standard InChI is InChI=1S/C4H6O4.C2H4O2.3Na/c5-3(6)1-2-4(7)8;1-2(3)4;;;/h1-2H2,(H,5,6)(H,7,8);1H3,(H,3,4);;;/q;;3*+1/p-3. The second-order valence-corrected chi connectivity index (χ2v) is 1.74. The molecule has 0 saturated heterocycles. The molecule has 0 N–H and O–H groups in total. The molecular formula is C6H7Na3O6. The fourth-order valence-corrected chi connectivity index (χ4v) is 0.204. The maximum absolute atomic E-state index is 9.50. The van der Waals surface area contributed by atoms with Crippen LogP contribution in [0.4, 0.5) is 0 Å². The van der Waals surface area contributed by atoms with Gasteiger partial charge < -0.3 is 29.7 Å². The van der Waals surface area contributed by atoms with Crippen molar-refractivity contribution in [1.82, 2.24) is 0 Å². The summed E-state index contributed by atoms with van der Waals surface area (Å²) in [4.78, 5) is 27.9. The Morgan fingerprint density at radius 3 is 1.00 bits per heavy atom. The van der Waals surface area contributed by atoms with E-state index in [0.717, 1.165) is 6.92 Å². The summed E-state index contributed by atoms with van der Waals surface area (Å²) in [5, 5.41) is 27.9. The van der Waals surface area contributed by atoms with Crippen molar-refractivity contribution in [2.75, 3.05) is 0 Å². The Kier molecular flexibility index (Phi) is 41.5. The number of carboxylic acids is 3. The summed E-state index contributed by atoms with van der Waals surface area (Å²) >= 11 is 0. The number of carboxylic acid groups (broad SMARTS) is 3. The Hall–Kier alpha value is 1.41. The average molecular weight is 244 g/mol. The summed E-state index contributed by atoms with van der Waals surface area (Å²) in [6.07, 6.45) is -0.940. The van der Waals surface area contributed by atoms with Gasteiger partial charge in [0, 0.05) is 17.9 Å². The third-order valence-corrected chi connectivity index (χ3v) is 0.533. The molecule has 0 amide bonds. The van der Waals surface area contributed by atoms with Gasteiger partial charge in [0.2, 0.25) is 0 Å². The quantitative estimate of drug-likeness (QED) is 0.454. The number of aliphatic carboxylic acids is 3. The van der Waals surface area contributed by atoms with Crippen LogP contribution in [0.3, 0.4) is 0 Å². The van der Waals surface area contributed by atoms with Gasteiger partial charge >= 0.3 is 88.7 Å². The molecule has 0 aliphatic heterocycles. The Morgan fingerprint density at radius 2 is 0.933 bits per heavy atom. The fraction of sp³-hybridized carbons (Fsp3) is 0.500. The second kappa shape index (κ2) is 20.8. The molecule has 0 heterocycles. The van der Waals surface area contributed by atoms with Gasteiger partial charge in [-0.2, -0.15) is 0 Å². The van der Waals surface area contributed by atoms with Gasteiger partial charge in [0.1, 0.15) is 0 Å². The molecule has 0 fully saturated rings. The molecule has 0 aromatic heterocycles. The molecule has 0 aromatic carbocycles. The second-order valence-electron chi connectivity index (χ2n) is 1.74. The van der Waals surface area contributed by atoms with E-state index in [-0.39, 0.29) is 88.7 Å². The average Bonchev–Trinajstić information content (AvgIpc) is 1.82. The van der Waals surface area contributed by atoms with Crippen LogP contribution in [0.2, 0.25) is 0 Å². The SMILES string of the molecule is CC(=O)[O-].O=C([O-])CCC(=O)[O-].[Na+].[Na+].[Na+]. The zero-order chi connectivity index (χ0) is 10.1. The van der Waals surface area contributed by atoms with Crippen LogP contribution in [0.5, 0.6) is 0 Å². The van der Waals surface area contributed by atoms with Crippen molar-refractivity contribution < 1.29 is 118 Å². The van der Waals surface area contributed by atoms with Crippen LogP contribution in [0.15, 0.2) is 0 Å². The number of hydrogen-bond donors (Lipinski definition) is 0. The molecule has 0 radical (unpaired) electrons. The fourth-order valence-electron chi connectivity index (χ4n) is 0.204. The number of carbonyl (C=O) groups is 3. The number of hydrogen-bond acceptors (Lipinski definition) is 6. The van der Waals surface area contributed by atoms with E-state index in [1.54, 1.807) is 0 Å². The zero-order valence-electron chi connectivity index (χ0n) is 9.36. The van der Waals surface area contributed by atoms with E-state index in [0.29, 0.717) is 0 Å².